The molecule has 0 N–H and O–H groups in total. The zero-order chi connectivity index (χ0) is 87.8. The molecule has 0 saturated heterocycles. The minimum atomic E-state index is -1.08. The molecule has 8 aromatic heterocycles. The quantitative estimate of drug-likeness (QED) is 0.0245. The Morgan fingerprint density at radius 3 is 0.631 bits per heavy atom. The molecule has 0 spiro atoms. The van der Waals surface area contributed by atoms with E-state index in [0.29, 0.717) is 63.8 Å². The third-order valence-corrected chi connectivity index (χ3v) is 12.7. The number of pyridine rings is 8. The molecule has 122 heavy (non-hydrogen) atoms. The number of carbonyl (C=O) groups excluding carboxylic acids is 6. The van der Waals surface area contributed by atoms with Gasteiger partial charge in [-0.1, -0.05) is 120 Å². The van der Waals surface area contributed by atoms with Crippen LogP contribution in [0.5, 0.6) is 23.0 Å². The van der Waals surface area contributed by atoms with Gasteiger partial charge < -0.3 is 111 Å². The molecule has 0 unspecified atom stereocenters. The fourth-order valence-electron chi connectivity index (χ4n) is 7.94. The fourth-order valence-corrected chi connectivity index (χ4v) is 7.94. The second kappa shape index (κ2) is 61.3. The number of carboxylic acids is 4. The van der Waals surface area contributed by atoms with Crippen LogP contribution >= 0.6 is 0 Å². The number of benzene rings is 4. The third kappa shape index (κ3) is 46.0. The van der Waals surface area contributed by atoms with Crippen LogP contribution in [0.2, 0.25) is 0 Å². The number of rotatable bonds is 14. The van der Waals surface area contributed by atoms with Crippen molar-refractivity contribution in [2.75, 3.05) is 28.2 Å². The van der Waals surface area contributed by atoms with E-state index in [1.54, 1.807) is 125 Å². The summed E-state index contributed by atoms with van der Waals surface area (Å²) >= 11 is 0. The van der Waals surface area contributed by atoms with Crippen LogP contribution in [0.25, 0.3) is 43.6 Å². The molecule has 40 nitrogen and oxygen atoms in total. The van der Waals surface area contributed by atoms with E-state index in [0.717, 1.165) is 86.8 Å². The van der Waals surface area contributed by atoms with Crippen LogP contribution in [0.4, 0.5) is 0 Å². The number of nitrogens with zero attached hydrogens (tertiary/aromatic N) is 18. The monoisotopic (exact) mass is 2260 g/mol. The van der Waals surface area contributed by atoms with Gasteiger partial charge in [-0.15, -0.1) is 0 Å². The van der Waals surface area contributed by atoms with E-state index in [1.807, 2.05) is 0 Å². The second-order valence-electron chi connectivity index (χ2n) is 22.8. The first-order chi connectivity index (χ1) is 56.0. The molecule has 0 aliphatic carbocycles. The first-order valence-corrected chi connectivity index (χ1v) is 33.1. The summed E-state index contributed by atoms with van der Waals surface area (Å²) in [5, 5.41) is 205. The maximum Gasteiger partial charge on any atom is 3.00 e. The maximum absolute atomic E-state index is 11.8. The molecular weight excluding hydrogens is 2190 g/mol. The van der Waals surface area contributed by atoms with E-state index < -0.39 is 47.5 Å². The molecule has 8 heterocycles. The van der Waals surface area contributed by atoms with E-state index >= 15 is 0 Å². The van der Waals surface area contributed by atoms with E-state index in [-0.39, 0.29) is 198 Å². The van der Waals surface area contributed by atoms with Gasteiger partial charge >= 0.3 is 153 Å². The van der Waals surface area contributed by atoms with Crippen LogP contribution in [-0.4, -0.2) is 143 Å². The summed E-state index contributed by atoms with van der Waals surface area (Å²) in [6.45, 7) is 3.89. The summed E-state index contributed by atoms with van der Waals surface area (Å²) in [6.07, 6.45) is 16.1. The largest absolute Gasteiger partial charge is 3.00 e. The minimum absolute atomic E-state index is 0. The van der Waals surface area contributed by atoms with Crippen LogP contribution in [0.3, 0.4) is 0 Å². The van der Waals surface area contributed by atoms with Gasteiger partial charge in [0.15, 0.2) is 49.6 Å². The number of hydrogen-bond acceptors (Lipinski definition) is 34. The molecule has 2 amide bonds. The number of hydrogen-bond donors (Lipinski definition) is 0. The van der Waals surface area contributed by atoms with Crippen molar-refractivity contribution in [1.29, 1.82) is 0 Å². The topological polar surface area (TPSA) is 644 Å². The number of amides is 2. The van der Waals surface area contributed by atoms with Gasteiger partial charge in [0.25, 0.3) is 0 Å². The summed E-state index contributed by atoms with van der Waals surface area (Å²) < 4.78 is 2.03. The van der Waals surface area contributed by atoms with Gasteiger partial charge in [-0.3, -0.25) is 9.59 Å². The predicted molar refractivity (Wildman–Crippen MR) is 405 cm³/mol. The Bertz CT molecular complexity index is 4970. The van der Waals surface area contributed by atoms with Crippen molar-refractivity contribution in [2.45, 2.75) is 27.7 Å². The normalized spacial score (nSPS) is 10.5. The Morgan fingerprint density at radius 1 is 0.303 bits per heavy atom. The van der Waals surface area contributed by atoms with Crippen molar-refractivity contribution >= 4 is 129 Å². The molecule has 4 radical (unpaired) electrons. The van der Waals surface area contributed by atoms with Crippen molar-refractivity contribution in [3.63, 3.8) is 0 Å². The second-order valence-corrected chi connectivity index (χ2v) is 22.8. The molecule has 0 fully saturated rings. The number of aliphatic carboxylic acids is 4. The van der Waals surface area contributed by atoms with Gasteiger partial charge in [-0.05, 0) is 97.8 Å². The molecule has 0 bridgehead atoms. The average Bonchev–Trinajstić information content (AvgIpc) is 0.835. The van der Waals surface area contributed by atoms with Crippen molar-refractivity contribution < 1.29 is 262 Å². The van der Waals surface area contributed by atoms with Crippen molar-refractivity contribution in [3.05, 3.63) is 285 Å². The van der Waals surface area contributed by atoms with Gasteiger partial charge in [0, 0.05) is 99.9 Å². The molecule has 0 saturated carbocycles. The Morgan fingerprint density at radius 2 is 0.475 bits per heavy atom. The van der Waals surface area contributed by atoms with Crippen LogP contribution in [0.15, 0.2) is 260 Å². The molecule has 12 rings (SSSR count). The number of fused-ring (bicyclic) bond motifs is 4. The molecule has 0 aliphatic heterocycles. The smallest absolute Gasteiger partial charge is 0.871 e. The SMILES string of the molecule is CC(=O)[O-].CC(=O)[O-].CC(=O)[O-].CC(=O)[O-].CN(C)C=O.CN(C)C=O.[Dy+3].[Dy+3].[Dy+3].[Dy+3].[O-]/C(=N\N=C\c1ccc2cccc([O-])c2n1)c1ccc[n+]([O-])c1.[O-]/C(=N\N=C\c1ccc2cccc([O-])c2n1)c1ccc[n+]([O-])c1.[O-]/C(=N\N=C\c1ccc2cccc([O-])c2n1)c1ccc[n+]([O-])c1.[O-]/C(=N\N=C\c1ccc2cccc([O-])c2n1)c1ccc[n+]([O-])c1. The van der Waals surface area contributed by atoms with Crippen LogP contribution in [0, 0.1) is 174 Å². The number of carbonyl (C=O) groups is 6. The minimum Gasteiger partial charge on any atom is -0.871 e. The molecule has 0 atom stereocenters. The average molecular weight is 2260 g/mol. The summed E-state index contributed by atoms with van der Waals surface area (Å²) in [6, 6.07) is 44.8. The molecule has 0 aliphatic rings. The first kappa shape index (κ1) is 112. The summed E-state index contributed by atoms with van der Waals surface area (Å²) in [7, 11) is 6.75. The molecular formula is C78H66Dy4N18O22. The Labute approximate surface area is 815 Å². The van der Waals surface area contributed by atoms with Gasteiger partial charge in [0.05, 0.1) is 92.0 Å². The Kier molecular flexibility index (Phi) is 56.3. The Balaban J connectivity index is 0. The number of carboxylic acid groups (broad SMARTS) is 4. The third-order valence-electron chi connectivity index (χ3n) is 12.7. The predicted octanol–water partition coefficient (Wildman–Crippen LogP) is -5.24. The van der Waals surface area contributed by atoms with Crippen LogP contribution < -0.4 is 80.2 Å². The number of para-hydroxylation sites is 4. The molecule has 12 aromatic rings. The van der Waals surface area contributed by atoms with Crippen molar-refractivity contribution in [3.8, 4) is 23.0 Å². The van der Waals surface area contributed by atoms with Gasteiger partial charge in [-0.25, -0.2) is 19.9 Å². The summed E-state index contributed by atoms with van der Waals surface area (Å²) in [5.41, 5.74) is 3.48. The van der Waals surface area contributed by atoms with Gasteiger partial charge in [0.2, 0.25) is 12.8 Å². The van der Waals surface area contributed by atoms with E-state index in [4.69, 9.17) is 39.6 Å². The van der Waals surface area contributed by atoms with Crippen LogP contribution in [0.1, 0.15) is 72.7 Å². The molecule has 4 aromatic carbocycles. The van der Waals surface area contributed by atoms with Crippen LogP contribution in [-0.2, 0) is 28.8 Å². The first-order valence-electron chi connectivity index (χ1n) is 33.1. The van der Waals surface area contributed by atoms with E-state index in [2.05, 4.69) is 60.7 Å². The van der Waals surface area contributed by atoms with E-state index in [9.17, 15) is 71.3 Å². The standard InChI is InChI=1S/4C16H12N4O3.2C3H7NO.4C2H4O2.4Dy/c4*21-14-5-1-3-11-6-7-13(18-15(11)14)9-17-19-16(22)12-4-2-8-20(23)10-12;2*1-4(2)3-5;4*1-2(3)4;;;;/h4*1-10,21H,(H,19,22);2*3H,1-2H3;4*1H3,(H,3,4);;;;/q;;;;;;;;;;4*+3/p-12/b4*17-9+;;;;;;;;;;. The maximum atomic E-state index is 11.8. The fraction of sp³-hybridized carbons (Fsp3) is 0.103. The van der Waals surface area contributed by atoms with Gasteiger partial charge in [0.1, 0.15) is 0 Å². The van der Waals surface area contributed by atoms with Crippen molar-refractivity contribution in [2.24, 2.45) is 40.8 Å². The van der Waals surface area contributed by atoms with Gasteiger partial charge in [-0.2, -0.15) is 59.7 Å². The molecule has 640 valence electrons. The van der Waals surface area contributed by atoms with Crippen molar-refractivity contribution in [1.82, 2.24) is 29.7 Å². The zero-order valence-corrected chi connectivity index (χ0v) is 72.7. The summed E-state index contributed by atoms with van der Waals surface area (Å²) in [5.74, 6) is -7.64. The Hall–Kier alpha value is -12.0. The number of aromatic nitrogens is 8. The zero-order valence-electron chi connectivity index (χ0n) is 64.5. The molecule has 44 heteroatoms. The summed E-state index contributed by atoms with van der Waals surface area (Å²) in [4.78, 5) is 74.0. The van der Waals surface area contributed by atoms with E-state index in [1.165, 1.54) is 132 Å².